The molecule has 38 heavy (non-hydrogen) atoms. The summed E-state index contributed by atoms with van der Waals surface area (Å²) < 4.78 is 0. The van der Waals surface area contributed by atoms with Gasteiger partial charge in [0.25, 0.3) is 0 Å². The Kier molecular flexibility index (Phi) is 9.80. The van der Waals surface area contributed by atoms with E-state index in [1.54, 1.807) is 0 Å². The number of aliphatic hydroxyl groups excluding tert-OH is 3. The number of ketones is 1. The minimum atomic E-state index is -0.649. The Morgan fingerprint density at radius 2 is 1.89 bits per heavy atom. The third-order valence-corrected chi connectivity index (χ3v) is 11.2. The molecule has 3 N–H and O–H groups in total. The van der Waals surface area contributed by atoms with Crippen LogP contribution in [0.5, 0.6) is 0 Å². The van der Waals surface area contributed by atoms with E-state index in [0.29, 0.717) is 30.5 Å². The molecule has 0 saturated heterocycles. The minimum absolute atomic E-state index is 0.118. The Labute approximate surface area is 231 Å². The maximum absolute atomic E-state index is 12.9. The molecule has 214 valence electrons. The van der Waals surface area contributed by atoms with Gasteiger partial charge in [0.15, 0.2) is 0 Å². The summed E-state index contributed by atoms with van der Waals surface area (Å²) >= 11 is 0. The summed E-state index contributed by atoms with van der Waals surface area (Å²) in [6, 6.07) is 0. The van der Waals surface area contributed by atoms with Gasteiger partial charge in [-0.15, -0.1) is 0 Å². The van der Waals surface area contributed by atoms with Crippen LogP contribution in [0.4, 0.5) is 0 Å². The number of aliphatic hydroxyl groups is 3. The normalized spacial score (nSPS) is 36.3. The van der Waals surface area contributed by atoms with Crippen molar-refractivity contribution in [2.24, 2.45) is 28.6 Å². The highest BCUT2D eigenvalue weighted by atomic mass is 16.3. The lowest BCUT2D eigenvalue weighted by Gasteiger charge is -2.45. The monoisotopic (exact) mass is 526 g/mol. The first-order valence-electron chi connectivity index (χ1n) is 15.8. The van der Waals surface area contributed by atoms with Gasteiger partial charge in [-0.3, -0.25) is 4.79 Å². The van der Waals surface area contributed by atoms with Gasteiger partial charge in [0.1, 0.15) is 5.78 Å². The van der Waals surface area contributed by atoms with E-state index in [0.717, 1.165) is 68.9 Å². The summed E-state index contributed by atoms with van der Waals surface area (Å²) in [6.45, 7) is 11.0. The average molecular weight is 527 g/mol. The van der Waals surface area contributed by atoms with Gasteiger partial charge in [0, 0.05) is 18.3 Å². The van der Waals surface area contributed by atoms with Gasteiger partial charge in [-0.2, -0.15) is 0 Å². The van der Waals surface area contributed by atoms with E-state index >= 15 is 0 Å². The van der Waals surface area contributed by atoms with E-state index in [1.165, 1.54) is 37.7 Å². The largest absolute Gasteiger partial charge is 0.393 e. The second kappa shape index (κ2) is 12.5. The predicted octanol–water partition coefficient (Wildman–Crippen LogP) is 7.22. The number of carbonyl (C=O) groups excluding carboxylic acids is 1. The molecule has 0 aromatic heterocycles. The molecular weight excluding hydrogens is 472 g/mol. The minimum Gasteiger partial charge on any atom is -0.393 e. The number of rotatable bonds is 12. The maximum atomic E-state index is 12.9. The number of allylic oxidation sites excluding steroid dienone is 3. The molecule has 0 amide bonds. The van der Waals surface area contributed by atoms with Gasteiger partial charge in [-0.1, -0.05) is 64.3 Å². The molecule has 0 unspecified atom stereocenters. The molecule has 0 heterocycles. The highest BCUT2D eigenvalue weighted by molar-refractivity contribution is 5.87. The van der Waals surface area contributed by atoms with E-state index in [2.05, 4.69) is 39.5 Å². The van der Waals surface area contributed by atoms with Crippen LogP contribution in [0.15, 0.2) is 35.5 Å². The molecule has 4 saturated carbocycles. The van der Waals surface area contributed by atoms with Gasteiger partial charge in [-0.25, -0.2) is 0 Å². The summed E-state index contributed by atoms with van der Waals surface area (Å²) in [4.78, 5) is 12.9. The summed E-state index contributed by atoms with van der Waals surface area (Å²) in [5.41, 5.74) is 3.29. The molecule has 0 aromatic rings. The second-order valence-corrected chi connectivity index (χ2v) is 13.6. The average Bonchev–Trinajstić information content (AvgIpc) is 3.60. The van der Waals surface area contributed by atoms with Gasteiger partial charge >= 0.3 is 0 Å². The van der Waals surface area contributed by atoms with Crippen LogP contribution in [-0.4, -0.2) is 39.4 Å². The molecule has 0 bridgehead atoms. The standard InChI is InChI=1S/C34H54O4/c1-5-6-7-8-11-32(38)34(19-20-34)18-16-30(36)24(3)28-14-15-29-25(10-9-17-33(28,29)4)12-13-26-21-27(35)22-31(37)23(26)2/h12-13,24,27-31,35-37H,2,5-11,14-22H2,1,3-4H3/b25-12+,26-13-/t24-,27+,28+,29-,30-,31-,33+/m0/s1. The molecular formula is C34H54O4. The lowest BCUT2D eigenvalue weighted by atomic mass is 9.60. The quantitative estimate of drug-likeness (QED) is 0.235. The smallest absolute Gasteiger partial charge is 0.139 e. The molecule has 0 aromatic carbocycles. The Morgan fingerprint density at radius 1 is 1.13 bits per heavy atom. The first-order valence-corrected chi connectivity index (χ1v) is 15.8. The van der Waals surface area contributed by atoms with Crippen LogP contribution in [0, 0.1) is 28.6 Å². The molecule has 7 atom stereocenters. The highest BCUT2D eigenvalue weighted by Crippen LogP contribution is 2.60. The third kappa shape index (κ3) is 6.39. The van der Waals surface area contributed by atoms with Gasteiger partial charge < -0.3 is 15.3 Å². The molecule has 4 aliphatic rings. The summed E-state index contributed by atoms with van der Waals surface area (Å²) in [6.07, 6.45) is 18.6. The van der Waals surface area contributed by atoms with E-state index in [9.17, 15) is 20.1 Å². The third-order valence-electron chi connectivity index (χ3n) is 11.2. The SMILES string of the molecule is C=C1/C(=C\C=C2/CCC[C@]3(C)[C@@H]([C@H](C)[C@@H](O)CCC4(C(=O)CCCCCC)CC4)CC[C@@H]23)C[C@@H](O)C[C@@H]1O. The van der Waals surface area contributed by atoms with Crippen molar-refractivity contribution < 1.29 is 20.1 Å². The zero-order valence-electron chi connectivity index (χ0n) is 24.4. The molecule has 4 nitrogen and oxygen atoms in total. The summed E-state index contributed by atoms with van der Waals surface area (Å²) in [5, 5.41) is 31.7. The van der Waals surface area contributed by atoms with Crippen LogP contribution < -0.4 is 0 Å². The fraction of sp³-hybridized carbons (Fsp3) is 0.794. The van der Waals surface area contributed by atoms with Crippen LogP contribution >= 0.6 is 0 Å². The van der Waals surface area contributed by atoms with Gasteiger partial charge in [-0.05, 0) is 105 Å². The first kappa shape index (κ1) is 29.7. The predicted molar refractivity (Wildman–Crippen MR) is 155 cm³/mol. The summed E-state index contributed by atoms with van der Waals surface area (Å²) in [5.74, 6) is 1.71. The number of hydrogen-bond acceptors (Lipinski definition) is 4. The van der Waals surface area contributed by atoms with Crippen LogP contribution in [0.2, 0.25) is 0 Å². The van der Waals surface area contributed by atoms with Crippen molar-refractivity contribution in [2.45, 2.75) is 142 Å². The number of carbonyl (C=O) groups is 1. The molecule has 0 radical (unpaired) electrons. The number of fused-ring (bicyclic) bond motifs is 1. The van der Waals surface area contributed by atoms with Crippen molar-refractivity contribution in [3.8, 4) is 0 Å². The fourth-order valence-electron chi connectivity index (χ4n) is 8.36. The van der Waals surface area contributed by atoms with E-state index in [1.807, 2.05) is 0 Å². The van der Waals surface area contributed by atoms with Crippen molar-refractivity contribution in [2.75, 3.05) is 0 Å². The fourth-order valence-corrected chi connectivity index (χ4v) is 8.36. The number of Topliss-reactive ketones (excluding diaryl/α,β-unsaturated/α-hetero) is 1. The Bertz CT molecular complexity index is 911. The zero-order valence-corrected chi connectivity index (χ0v) is 24.4. The lowest BCUT2D eigenvalue weighted by Crippen LogP contribution is -2.39. The van der Waals surface area contributed by atoms with Gasteiger partial charge in [0.05, 0.1) is 18.3 Å². The molecule has 0 aliphatic heterocycles. The zero-order chi connectivity index (χ0) is 27.5. The van der Waals surface area contributed by atoms with Crippen molar-refractivity contribution in [3.63, 3.8) is 0 Å². The van der Waals surface area contributed by atoms with Crippen molar-refractivity contribution in [3.05, 3.63) is 35.5 Å². The van der Waals surface area contributed by atoms with Crippen molar-refractivity contribution >= 4 is 5.78 Å². The maximum Gasteiger partial charge on any atom is 0.139 e. The van der Waals surface area contributed by atoms with E-state index in [4.69, 9.17) is 0 Å². The molecule has 4 heteroatoms. The number of hydrogen-bond donors (Lipinski definition) is 3. The van der Waals surface area contributed by atoms with Crippen LogP contribution in [0.1, 0.15) is 124 Å². The Hall–Kier alpha value is -1.23. The topological polar surface area (TPSA) is 77.8 Å². The van der Waals surface area contributed by atoms with Crippen LogP contribution in [0.3, 0.4) is 0 Å². The molecule has 4 rings (SSSR count). The molecule has 4 aliphatic carbocycles. The number of unbranched alkanes of at least 4 members (excludes halogenated alkanes) is 3. The first-order chi connectivity index (χ1) is 18.1. The van der Waals surface area contributed by atoms with Crippen LogP contribution in [-0.2, 0) is 4.79 Å². The van der Waals surface area contributed by atoms with E-state index in [-0.39, 0.29) is 22.9 Å². The Balaban J connectivity index is 1.36. The highest BCUT2D eigenvalue weighted by Gasteiger charge is 2.52. The van der Waals surface area contributed by atoms with Crippen LogP contribution in [0.25, 0.3) is 0 Å². The van der Waals surface area contributed by atoms with E-state index < -0.39 is 12.2 Å². The molecule has 4 fully saturated rings. The summed E-state index contributed by atoms with van der Waals surface area (Å²) in [7, 11) is 0. The van der Waals surface area contributed by atoms with Crippen molar-refractivity contribution in [1.82, 2.24) is 0 Å². The molecule has 0 spiro atoms. The lowest BCUT2D eigenvalue weighted by molar-refractivity contribution is -0.124. The van der Waals surface area contributed by atoms with Gasteiger partial charge in [0.2, 0.25) is 0 Å². The second-order valence-electron chi connectivity index (χ2n) is 13.6. The Morgan fingerprint density at radius 3 is 2.61 bits per heavy atom. The van der Waals surface area contributed by atoms with Crippen molar-refractivity contribution in [1.29, 1.82) is 0 Å².